The van der Waals surface area contributed by atoms with Crippen LogP contribution >= 0.6 is 0 Å². The Morgan fingerprint density at radius 2 is 2.05 bits per heavy atom. The molecule has 0 spiro atoms. The Kier molecular flexibility index (Phi) is 3.97. The molecule has 0 saturated carbocycles. The predicted molar refractivity (Wildman–Crippen MR) is 78.0 cm³/mol. The summed E-state index contributed by atoms with van der Waals surface area (Å²) in [5, 5.41) is 13.3. The van der Waals surface area contributed by atoms with Crippen molar-refractivity contribution >= 4 is 5.97 Å². The Morgan fingerprint density at radius 3 is 2.62 bits per heavy atom. The van der Waals surface area contributed by atoms with Crippen molar-refractivity contribution in [2.24, 2.45) is 5.41 Å². The molecular formula is C15H19N3O3. The van der Waals surface area contributed by atoms with E-state index in [-0.39, 0.29) is 11.0 Å². The van der Waals surface area contributed by atoms with Crippen LogP contribution in [0, 0.1) is 12.3 Å². The average Bonchev–Trinajstić information content (AvgIpc) is 2.83. The first-order chi connectivity index (χ1) is 9.76. The highest BCUT2D eigenvalue weighted by atomic mass is 16.5. The maximum Gasteiger partial charge on any atom is 0.337 e. The van der Waals surface area contributed by atoms with Gasteiger partial charge in [-0.25, -0.2) is 14.5 Å². The van der Waals surface area contributed by atoms with E-state index in [9.17, 15) is 4.79 Å². The van der Waals surface area contributed by atoms with E-state index >= 15 is 0 Å². The zero-order valence-corrected chi connectivity index (χ0v) is 12.6. The van der Waals surface area contributed by atoms with Gasteiger partial charge in [0.2, 0.25) is 5.88 Å². The van der Waals surface area contributed by atoms with Gasteiger partial charge in [0.1, 0.15) is 0 Å². The summed E-state index contributed by atoms with van der Waals surface area (Å²) in [5.74, 6) is 0.0935. The van der Waals surface area contributed by atoms with Gasteiger partial charge in [-0.1, -0.05) is 20.8 Å². The van der Waals surface area contributed by atoms with Crippen molar-refractivity contribution in [1.82, 2.24) is 14.8 Å². The molecule has 0 aliphatic heterocycles. The summed E-state index contributed by atoms with van der Waals surface area (Å²) in [5.41, 5.74) is 0.699. The zero-order valence-electron chi connectivity index (χ0n) is 12.6. The number of aromatic carboxylic acids is 1. The molecule has 6 nitrogen and oxygen atoms in total. The fourth-order valence-electron chi connectivity index (χ4n) is 1.70. The van der Waals surface area contributed by atoms with Crippen LogP contribution in [0.25, 0.3) is 5.82 Å². The first-order valence-corrected chi connectivity index (χ1v) is 6.66. The molecule has 21 heavy (non-hydrogen) atoms. The second-order valence-corrected chi connectivity index (χ2v) is 6.06. The third kappa shape index (κ3) is 3.81. The van der Waals surface area contributed by atoms with Crippen molar-refractivity contribution in [1.29, 1.82) is 0 Å². The number of rotatable bonds is 4. The summed E-state index contributed by atoms with van der Waals surface area (Å²) in [6, 6.07) is 4.90. The van der Waals surface area contributed by atoms with Gasteiger partial charge in [0.15, 0.2) is 5.82 Å². The molecule has 0 saturated heterocycles. The number of ether oxygens (including phenoxy) is 1. The van der Waals surface area contributed by atoms with Crippen molar-refractivity contribution in [3.05, 3.63) is 35.7 Å². The fourth-order valence-corrected chi connectivity index (χ4v) is 1.70. The Labute approximate surface area is 123 Å². The molecule has 2 rings (SSSR count). The lowest BCUT2D eigenvalue weighted by Crippen LogP contribution is -2.17. The Balaban J connectivity index is 2.18. The van der Waals surface area contributed by atoms with Gasteiger partial charge in [-0.15, -0.1) is 5.10 Å². The highest BCUT2D eigenvalue weighted by molar-refractivity contribution is 5.88. The van der Waals surface area contributed by atoms with Gasteiger partial charge in [0.25, 0.3) is 0 Å². The molecule has 2 aromatic rings. The predicted octanol–water partition coefficient (Wildman–Crippen LogP) is 2.70. The van der Waals surface area contributed by atoms with E-state index in [4.69, 9.17) is 9.84 Å². The van der Waals surface area contributed by atoms with Crippen LogP contribution in [0.4, 0.5) is 0 Å². The second kappa shape index (κ2) is 5.55. The summed E-state index contributed by atoms with van der Waals surface area (Å²) >= 11 is 0. The number of carboxylic acids is 1. The number of aryl methyl sites for hydroxylation is 1. The molecule has 0 aliphatic rings. The van der Waals surface area contributed by atoms with E-state index in [1.165, 1.54) is 6.07 Å². The summed E-state index contributed by atoms with van der Waals surface area (Å²) < 4.78 is 7.18. The third-order valence-corrected chi connectivity index (χ3v) is 2.75. The van der Waals surface area contributed by atoms with Crippen molar-refractivity contribution in [3.8, 4) is 11.7 Å². The largest absolute Gasteiger partial charge is 0.478 e. The normalized spacial score (nSPS) is 11.4. The number of carboxylic acid groups (broad SMARTS) is 1. The molecule has 0 aliphatic carbocycles. The van der Waals surface area contributed by atoms with Gasteiger partial charge in [-0.2, -0.15) is 0 Å². The maximum atomic E-state index is 11.0. The Morgan fingerprint density at radius 1 is 1.33 bits per heavy atom. The molecule has 0 atom stereocenters. The van der Waals surface area contributed by atoms with Crippen LogP contribution in [0.2, 0.25) is 0 Å². The molecule has 0 unspecified atom stereocenters. The topological polar surface area (TPSA) is 77.2 Å². The maximum absolute atomic E-state index is 11.0. The Bertz CT molecular complexity index is 656. The molecule has 0 bridgehead atoms. The van der Waals surface area contributed by atoms with Crippen molar-refractivity contribution in [3.63, 3.8) is 0 Å². The first kappa shape index (κ1) is 15.0. The van der Waals surface area contributed by atoms with Crippen molar-refractivity contribution in [2.75, 3.05) is 6.61 Å². The number of hydrogen-bond donors (Lipinski definition) is 1. The van der Waals surface area contributed by atoms with Gasteiger partial charge < -0.3 is 9.84 Å². The lowest BCUT2D eigenvalue weighted by Gasteiger charge is -2.17. The zero-order chi connectivity index (χ0) is 15.6. The van der Waals surface area contributed by atoms with Crippen molar-refractivity contribution < 1.29 is 14.6 Å². The highest BCUT2D eigenvalue weighted by Crippen LogP contribution is 2.17. The Hall–Kier alpha value is -2.37. The molecule has 0 radical (unpaired) electrons. The average molecular weight is 289 g/mol. The van der Waals surface area contributed by atoms with E-state index in [1.807, 2.05) is 0 Å². The van der Waals surface area contributed by atoms with Gasteiger partial charge in [-0.05, 0) is 24.5 Å². The SMILES string of the molecule is Cc1nc(-n2ccc(OCC(C)(C)C)n2)ccc1C(=O)O. The molecule has 0 amide bonds. The van der Waals surface area contributed by atoms with Crippen LogP contribution in [0.3, 0.4) is 0 Å². The lowest BCUT2D eigenvalue weighted by atomic mass is 9.99. The molecule has 112 valence electrons. The van der Waals surface area contributed by atoms with E-state index in [0.717, 1.165) is 0 Å². The summed E-state index contributed by atoms with van der Waals surface area (Å²) in [6.07, 6.45) is 1.74. The first-order valence-electron chi connectivity index (χ1n) is 6.66. The highest BCUT2D eigenvalue weighted by Gasteiger charge is 2.13. The summed E-state index contributed by atoms with van der Waals surface area (Å²) in [6.45, 7) is 8.47. The minimum Gasteiger partial charge on any atom is -0.478 e. The van der Waals surface area contributed by atoms with E-state index in [2.05, 4.69) is 30.9 Å². The summed E-state index contributed by atoms with van der Waals surface area (Å²) in [4.78, 5) is 15.2. The number of hydrogen-bond acceptors (Lipinski definition) is 4. The third-order valence-electron chi connectivity index (χ3n) is 2.75. The van der Waals surface area contributed by atoms with Crippen LogP contribution in [0.15, 0.2) is 24.4 Å². The molecule has 0 fully saturated rings. The van der Waals surface area contributed by atoms with Crippen molar-refractivity contribution in [2.45, 2.75) is 27.7 Å². The van der Waals surface area contributed by atoms with Gasteiger partial charge >= 0.3 is 5.97 Å². The fraction of sp³-hybridized carbons (Fsp3) is 0.400. The lowest BCUT2D eigenvalue weighted by molar-refractivity contribution is 0.0695. The van der Waals surface area contributed by atoms with Crippen LogP contribution in [0.5, 0.6) is 5.88 Å². The number of pyridine rings is 1. The van der Waals surface area contributed by atoms with E-state index < -0.39 is 5.97 Å². The standard InChI is InChI=1S/C15H19N3O3/c1-10-11(14(19)20)5-6-12(16-10)18-8-7-13(17-18)21-9-15(2,3)4/h5-8H,9H2,1-4H3,(H,19,20). The molecule has 0 aromatic carbocycles. The number of nitrogens with zero attached hydrogens (tertiary/aromatic N) is 3. The van der Waals surface area contributed by atoms with Crippen LogP contribution < -0.4 is 4.74 Å². The molecule has 6 heteroatoms. The molecule has 2 aromatic heterocycles. The molecule has 1 N–H and O–H groups in total. The van der Waals surface area contributed by atoms with Gasteiger partial charge in [0.05, 0.1) is 17.9 Å². The minimum atomic E-state index is -0.985. The number of aromatic nitrogens is 3. The van der Waals surface area contributed by atoms with Gasteiger partial charge in [0, 0.05) is 12.3 Å². The van der Waals surface area contributed by atoms with Crippen LogP contribution in [0.1, 0.15) is 36.8 Å². The second-order valence-electron chi connectivity index (χ2n) is 6.06. The minimum absolute atomic E-state index is 0.0573. The van der Waals surface area contributed by atoms with E-state index in [0.29, 0.717) is 24.0 Å². The van der Waals surface area contributed by atoms with Crippen LogP contribution in [-0.2, 0) is 0 Å². The quantitative estimate of drug-likeness (QED) is 0.936. The number of carbonyl (C=O) groups is 1. The van der Waals surface area contributed by atoms with Crippen LogP contribution in [-0.4, -0.2) is 32.4 Å². The molecular weight excluding hydrogens is 270 g/mol. The smallest absolute Gasteiger partial charge is 0.337 e. The summed E-state index contributed by atoms with van der Waals surface area (Å²) in [7, 11) is 0. The van der Waals surface area contributed by atoms with Gasteiger partial charge in [-0.3, -0.25) is 0 Å². The molecule has 2 heterocycles. The van der Waals surface area contributed by atoms with E-state index in [1.54, 1.807) is 29.9 Å². The monoisotopic (exact) mass is 289 g/mol.